The first-order chi connectivity index (χ1) is 34.0. The first-order valence-corrected chi connectivity index (χ1v) is 25.3. The zero-order valence-electron chi connectivity index (χ0n) is 38.5. The van der Waals surface area contributed by atoms with Crippen molar-refractivity contribution in [2.45, 2.75) is 51.3 Å². The number of benzene rings is 2. The quantitative estimate of drug-likeness (QED) is 0.146. The molecule has 2 aromatic carbocycles. The summed E-state index contributed by atoms with van der Waals surface area (Å²) >= 11 is 2.10. The van der Waals surface area contributed by atoms with Gasteiger partial charge in [-0.1, -0.05) is 51.9 Å². The summed E-state index contributed by atoms with van der Waals surface area (Å²) in [4.78, 5) is 16.6. The van der Waals surface area contributed by atoms with Gasteiger partial charge < -0.3 is 18.6 Å². The molecule has 71 heavy (non-hydrogen) atoms. The number of H-pyrrole nitrogens is 1. The molecule has 0 saturated carbocycles. The van der Waals surface area contributed by atoms with Crippen molar-refractivity contribution in [3.8, 4) is 45.5 Å². The van der Waals surface area contributed by atoms with Crippen molar-refractivity contribution in [1.29, 1.82) is 10.5 Å². The number of halogens is 1. The average Bonchev–Trinajstić information content (AvgIpc) is 4.24. The maximum atomic E-state index is 13.1. The first kappa shape index (κ1) is 47.8. The molecular weight excluding hydrogens is 1060 g/mol. The van der Waals surface area contributed by atoms with Crippen LogP contribution < -0.4 is 0 Å². The van der Waals surface area contributed by atoms with Crippen LogP contribution >= 0.6 is 22.6 Å². The second-order valence-electron chi connectivity index (χ2n) is 16.1. The molecule has 354 valence electrons. The van der Waals surface area contributed by atoms with Gasteiger partial charge in [-0.25, -0.2) is 24.8 Å². The lowest BCUT2D eigenvalue weighted by molar-refractivity contribution is 0.393. The van der Waals surface area contributed by atoms with Gasteiger partial charge >= 0.3 is 0 Å². The number of pyridine rings is 3. The second-order valence-corrected chi connectivity index (χ2v) is 20.9. The number of aryl methyl sites for hydroxylation is 6. The maximum absolute atomic E-state index is 13.1. The van der Waals surface area contributed by atoms with Crippen LogP contribution in [0.4, 0.5) is 0 Å². The molecule has 9 heterocycles. The molecule has 0 spiro atoms. The van der Waals surface area contributed by atoms with E-state index in [0.717, 1.165) is 58.0 Å². The Hall–Kier alpha value is -8.25. The number of hydrogen-bond acceptors (Lipinski definition) is 15. The smallest absolute Gasteiger partial charge is 0.268 e. The van der Waals surface area contributed by atoms with Crippen LogP contribution in [-0.4, -0.2) is 60.2 Å². The summed E-state index contributed by atoms with van der Waals surface area (Å²) in [6.45, 7) is 11.0. The summed E-state index contributed by atoms with van der Waals surface area (Å²) < 4.78 is 71.1. The third-order valence-electron chi connectivity index (χ3n) is 11.5. The number of nitrogens with zero attached hydrogens (tertiary/aromatic N) is 10. The summed E-state index contributed by atoms with van der Waals surface area (Å²) in [6.07, 6.45) is 9.61. The molecule has 0 fully saturated rings. The second kappa shape index (κ2) is 18.9. The van der Waals surface area contributed by atoms with Crippen molar-refractivity contribution in [3.63, 3.8) is 0 Å². The van der Waals surface area contributed by atoms with E-state index in [9.17, 15) is 22.1 Å². The van der Waals surface area contributed by atoms with E-state index in [2.05, 4.69) is 64.1 Å². The fraction of sp³-hybridized carbons (Fsp3) is 0.120. The zero-order chi connectivity index (χ0) is 50.4. The number of fused-ring (bicyclic) bond motifs is 3. The molecule has 1 N–H and O–H groups in total. The van der Waals surface area contributed by atoms with Crippen molar-refractivity contribution >= 4 is 75.7 Å². The highest BCUT2D eigenvalue weighted by molar-refractivity contribution is 14.1. The van der Waals surface area contributed by atoms with Crippen LogP contribution in [0.3, 0.4) is 0 Å². The summed E-state index contributed by atoms with van der Waals surface area (Å²) in [5.41, 5.74) is 11.3. The van der Waals surface area contributed by atoms with E-state index in [4.69, 9.17) is 18.8 Å². The number of rotatable bonds is 7. The molecule has 0 aliphatic rings. The Morgan fingerprint density at radius 3 is 1.39 bits per heavy atom. The van der Waals surface area contributed by atoms with Gasteiger partial charge in [-0.05, 0) is 107 Å². The highest BCUT2D eigenvalue weighted by atomic mass is 127. The number of nitriles is 2. The van der Waals surface area contributed by atoms with Crippen LogP contribution in [0.25, 0.3) is 66.5 Å². The van der Waals surface area contributed by atoms with E-state index in [-0.39, 0.29) is 15.4 Å². The fourth-order valence-electron chi connectivity index (χ4n) is 8.20. The van der Waals surface area contributed by atoms with Gasteiger partial charge in [-0.3, -0.25) is 15.0 Å². The molecule has 0 atom stereocenters. The summed E-state index contributed by atoms with van der Waals surface area (Å²) in [5.74, 6) is 2.04. The maximum Gasteiger partial charge on any atom is 0.268 e. The van der Waals surface area contributed by atoms with E-state index < -0.39 is 20.0 Å². The van der Waals surface area contributed by atoms with Crippen molar-refractivity contribution in [2.24, 2.45) is 0 Å². The van der Waals surface area contributed by atoms with Gasteiger partial charge in [-0.15, -0.1) is 0 Å². The molecule has 0 amide bonds. The zero-order valence-corrected chi connectivity index (χ0v) is 42.3. The Morgan fingerprint density at radius 2 is 0.958 bits per heavy atom. The predicted molar refractivity (Wildman–Crippen MR) is 271 cm³/mol. The third-order valence-corrected chi connectivity index (χ3v) is 15.7. The van der Waals surface area contributed by atoms with Crippen molar-refractivity contribution in [3.05, 3.63) is 165 Å². The molecule has 18 nitrogen and oxygen atoms in total. The molecule has 11 aromatic rings. The van der Waals surface area contributed by atoms with E-state index in [1.165, 1.54) is 22.3 Å². The minimum absolute atomic E-state index is 0.133. The molecule has 21 heteroatoms. The Balaban J connectivity index is 0.000000135. The van der Waals surface area contributed by atoms with E-state index in [1.54, 1.807) is 99.4 Å². The van der Waals surface area contributed by atoms with Gasteiger partial charge in [0.15, 0.2) is 0 Å². The minimum Gasteiger partial charge on any atom is -0.361 e. The third kappa shape index (κ3) is 8.75. The Labute approximate surface area is 419 Å². The van der Waals surface area contributed by atoms with E-state index >= 15 is 0 Å². The highest BCUT2D eigenvalue weighted by Crippen LogP contribution is 2.34. The number of aromatic nitrogens is 9. The van der Waals surface area contributed by atoms with Gasteiger partial charge in [0.25, 0.3) is 20.0 Å². The van der Waals surface area contributed by atoms with Crippen LogP contribution in [0.1, 0.15) is 45.5 Å². The number of nitrogens with one attached hydrogen (secondary N) is 1. The molecule has 9 aromatic heterocycles. The molecule has 0 radical (unpaired) electrons. The fourth-order valence-corrected chi connectivity index (χ4v) is 11.8. The van der Waals surface area contributed by atoms with Crippen molar-refractivity contribution < 1.29 is 30.4 Å². The summed E-state index contributed by atoms with van der Waals surface area (Å²) in [7, 11) is -7.59. The number of aromatic amines is 1. The van der Waals surface area contributed by atoms with Gasteiger partial charge in [0.05, 0.1) is 58.1 Å². The number of hydrogen-bond donors (Lipinski definition) is 1. The molecular formula is C50H38IN11O7S2. The lowest BCUT2D eigenvalue weighted by Crippen LogP contribution is -2.11. The summed E-state index contributed by atoms with van der Waals surface area (Å²) in [5, 5.41) is 30.2. The van der Waals surface area contributed by atoms with E-state index in [0.29, 0.717) is 55.9 Å². The Bertz CT molecular complexity index is 4100. The van der Waals surface area contributed by atoms with Crippen LogP contribution in [-0.2, 0) is 20.0 Å². The van der Waals surface area contributed by atoms with Crippen LogP contribution in [0.15, 0.2) is 139 Å². The molecule has 0 aliphatic carbocycles. The van der Waals surface area contributed by atoms with E-state index in [1.807, 2.05) is 45.9 Å². The van der Waals surface area contributed by atoms with Crippen molar-refractivity contribution in [1.82, 2.24) is 43.4 Å². The van der Waals surface area contributed by atoms with Crippen LogP contribution in [0.2, 0.25) is 0 Å². The highest BCUT2D eigenvalue weighted by Gasteiger charge is 2.25. The van der Waals surface area contributed by atoms with Gasteiger partial charge in [0.2, 0.25) is 0 Å². The molecule has 0 unspecified atom stereocenters. The first-order valence-electron chi connectivity index (χ1n) is 21.4. The van der Waals surface area contributed by atoms with Crippen molar-refractivity contribution in [2.75, 3.05) is 0 Å². The predicted octanol–water partition coefficient (Wildman–Crippen LogP) is 10.3. The largest absolute Gasteiger partial charge is 0.361 e. The SMILES string of the molecule is Cc1noc(C)c1-c1cnc2c(C#N)c[nH]c2c1.Cc1noc(C)c1-c1cnc2c(C#N)cn(S(=O)(=O)c3ccccc3)c2c1.Cc1noc(C)c1-c1cnc2c(I)cn(S(=O)(=O)c3ccccc3)c2c1. The van der Waals surface area contributed by atoms with Gasteiger partial charge in [-0.2, -0.15) is 10.5 Å². The average molecular weight is 1100 g/mol. The molecule has 0 bridgehead atoms. The monoisotopic (exact) mass is 1100 g/mol. The minimum atomic E-state index is -3.87. The normalized spacial score (nSPS) is 11.5. The standard InChI is InChI=1S/C19H14N4O3S.C18H14IN3O3S.C13H10N4O/c1-12-18(13(2)26-22-12)14-8-17-19(21-10-14)15(9-20)11-23(17)27(24,25)16-6-4-3-5-7-16;1-11-17(12(2)25-21-11)13-8-16-18(20-9-13)15(19)10-22(16)26(23,24)14-6-4-3-5-7-14;1-7-12(8(2)18-17-7)9-3-11-13(16-5-9)10(4-14)6-15-11/h3-8,10-11H,1-2H3;3-10H,1-2H3;3,5-6,15H,1-2H3. The van der Waals surface area contributed by atoms with Crippen LogP contribution in [0.5, 0.6) is 0 Å². The topological polar surface area (TPSA) is 258 Å². The van der Waals surface area contributed by atoms with Gasteiger partial charge in [0, 0.05) is 70.6 Å². The van der Waals surface area contributed by atoms with Crippen LogP contribution in [0, 0.1) is 67.8 Å². The Morgan fingerprint density at radius 1 is 0.549 bits per heavy atom. The lowest BCUT2D eigenvalue weighted by atomic mass is 10.1. The molecule has 11 rings (SSSR count). The molecule has 0 aliphatic heterocycles. The molecule has 0 saturated heterocycles. The summed E-state index contributed by atoms with van der Waals surface area (Å²) in [6, 6.07) is 26.0. The Kier molecular flexibility index (Phi) is 12.7. The van der Waals surface area contributed by atoms with Gasteiger partial charge in [0.1, 0.15) is 46.0 Å². The lowest BCUT2D eigenvalue weighted by Gasteiger charge is -2.08.